The standard InChI is InChI=1S/C13H22N2O2S/c1-5-10(2)9-14-12-7-6-11(3)13(8-12)15-18(4,16)17/h6-8,10,14-15H,5,9H2,1-4H3/t10-/m0/s1. The third-order valence-electron chi connectivity index (χ3n) is 2.88. The lowest BCUT2D eigenvalue weighted by molar-refractivity contribution is 0.593. The van der Waals surface area contributed by atoms with Crippen LogP contribution in [0.5, 0.6) is 0 Å². The van der Waals surface area contributed by atoms with Crippen LogP contribution in [0, 0.1) is 12.8 Å². The number of anilines is 2. The van der Waals surface area contributed by atoms with Crippen molar-refractivity contribution in [3.05, 3.63) is 23.8 Å². The number of sulfonamides is 1. The van der Waals surface area contributed by atoms with Crippen molar-refractivity contribution in [2.75, 3.05) is 22.8 Å². The van der Waals surface area contributed by atoms with E-state index in [4.69, 9.17) is 0 Å². The highest BCUT2D eigenvalue weighted by Gasteiger charge is 2.06. The van der Waals surface area contributed by atoms with Gasteiger partial charge >= 0.3 is 0 Å². The number of nitrogens with one attached hydrogen (secondary N) is 2. The molecule has 5 heteroatoms. The van der Waals surface area contributed by atoms with Crippen molar-refractivity contribution in [2.45, 2.75) is 27.2 Å². The van der Waals surface area contributed by atoms with Crippen molar-refractivity contribution in [1.82, 2.24) is 0 Å². The van der Waals surface area contributed by atoms with Gasteiger partial charge in [0.2, 0.25) is 10.0 Å². The fourth-order valence-corrected chi connectivity index (χ4v) is 2.10. The minimum Gasteiger partial charge on any atom is -0.385 e. The Kier molecular flexibility index (Phi) is 5.02. The second-order valence-electron chi connectivity index (χ2n) is 4.80. The van der Waals surface area contributed by atoms with E-state index in [9.17, 15) is 8.42 Å². The molecule has 0 spiro atoms. The Bertz CT molecular complexity index is 498. The number of benzene rings is 1. The smallest absolute Gasteiger partial charge is 0.229 e. The molecule has 0 heterocycles. The minimum atomic E-state index is -3.23. The molecular weight excluding hydrogens is 248 g/mol. The Morgan fingerprint density at radius 1 is 1.33 bits per heavy atom. The Morgan fingerprint density at radius 3 is 2.56 bits per heavy atom. The topological polar surface area (TPSA) is 58.2 Å². The second-order valence-corrected chi connectivity index (χ2v) is 6.55. The van der Waals surface area contributed by atoms with E-state index in [1.807, 2.05) is 25.1 Å². The van der Waals surface area contributed by atoms with E-state index in [1.54, 1.807) is 0 Å². The zero-order valence-electron chi connectivity index (χ0n) is 11.4. The third kappa shape index (κ3) is 4.96. The predicted molar refractivity (Wildman–Crippen MR) is 77.6 cm³/mol. The van der Waals surface area contributed by atoms with Gasteiger partial charge in [0.15, 0.2) is 0 Å². The summed E-state index contributed by atoms with van der Waals surface area (Å²) in [5.74, 6) is 0.595. The molecule has 1 aromatic carbocycles. The summed E-state index contributed by atoms with van der Waals surface area (Å²) in [5.41, 5.74) is 2.48. The van der Waals surface area contributed by atoms with E-state index >= 15 is 0 Å². The molecule has 1 rings (SSSR count). The van der Waals surface area contributed by atoms with Gasteiger partial charge in [0.05, 0.1) is 11.9 Å². The molecule has 18 heavy (non-hydrogen) atoms. The Labute approximate surface area is 110 Å². The lowest BCUT2D eigenvalue weighted by Crippen LogP contribution is -2.12. The summed E-state index contributed by atoms with van der Waals surface area (Å²) >= 11 is 0. The number of hydrogen-bond donors (Lipinski definition) is 2. The summed E-state index contributed by atoms with van der Waals surface area (Å²) in [6.45, 7) is 7.10. The van der Waals surface area contributed by atoms with Gasteiger partial charge in [-0.2, -0.15) is 0 Å². The molecule has 2 N–H and O–H groups in total. The zero-order valence-corrected chi connectivity index (χ0v) is 12.3. The van der Waals surface area contributed by atoms with Crippen LogP contribution in [-0.4, -0.2) is 21.2 Å². The molecule has 0 aliphatic carbocycles. The van der Waals surface area contributed by atoms with Gasteiger partial charge in [0.25, 0.3) is 0 Å². The number of hydrogen-bond acceptors (Lipinski definition) is 3. The van der Waals surface area contributed by atoms with Crippen LogP contribution in [0.3, 0.4) is 0 Å². The van der Waals surface area contributed by atoms with E-state index in [2.05, 4.69) is 23.9 Å². The predicted octanol–water partition coefficient (Wildman–Crippen LogP) is 2.82. The average molecular weight is 270 g/mol. The first-order valence-electron chi connectivity index (χ1n) is 6.14. The highest BCUT2D eigenvalue weighted by molar-refractivity contribution is 7.92. The average Bonchev–Trinajstić information content (AvgIpc) is 2.28. The molecule has 0 amide bonds. The van der Waals surface area contributed by atoms with Crippen LogP contribution in [-0.2, 0) is 10.0 Å². The van der Waals surface area contributed by atoms with Crippen molar-refractivity contribution in [3.63, 3.8) is 0 Å². The van der Waals surface area contributed by atoms with Gasteiger partial charge in [0, 0.05) is 12.2 Å². The SMILES string of the molecule is CC[C@H](C)CNc1ccc(C)c(NS(C)(=O)=O)c1. The van der Waals surface area contributed by atoms with Crippen LogP contribution in [0.25, 0.3) is 0 Å². The van der Waals surface area contributed by atoms with E-state index < -0.39 is 10.0 Å². The van der Waals surface area contributed by atoms with Crippen molar-refractivity contribution in [3.8, 4) is 0 Å². The van der Waals surface area contributed by atoms with Crippen LogP contribution < -0.4 is 10.0 Å². The number of rotatable bonds is 6. The van der Waals surface area contributed by atoms with Gasteiger partial charge in [-0.05, 0) is 30.5 Å². The summed E-state index contributed by atoms with van der Waals surface area (Å²) < 4.78 is 25.0. The molecule has 0 saturated heterocycles. The highest BCUT2D eigenvalue weighted by atomic mass is 32.2. The molecular formula is C13H22N2O2S. The lowest BCUT2D eigenvalue weighted by atomic mass is 10.1. The molecule has 4 nitrogen and oxygen atoms in total. The molecule has 0 radical (unpaired) electrons. The fraction of sp³-hybridized carbons (Fsp3) is 0.538. The molecule has 1 atom stereocenters. The van der Waals surface area contributed by atoms with Crippen molar-refractivity contribution in [1.29, 1.82) is 0 Å². The largest absolute Gasteiger partial charge is 0.385 e. The first-order valence-corrected chi connectivity index (χ1v) is 8.03. The molecule has 0 fully saturated rings. The normalized spacial score (nSPS) is 13.1. The molecule has 0 aliphatic rings. The van der Waals surface area contributed by atoms with E-state index in [1.165, 1.54) is 0 Å². The molecule has 0 saturated carbocycles. The highest BCUT2D eigenvalue weighted by Crippen LogP contribution is 2.21. The maximum Gasteiger partial charge on any atom is 0.229 e. The van der Waals surface area contributed by atoms with Gasteiger partial charge in [-0.15, -0.1) is 0 Å². The molecule has 0 bridgehead atoms. The molecule has 102 valence electrons. The van der Waals surface area contributed by atoms with Crippen LogP contribution in [0.2, 0.25) is 0 Å². The summed E-state index contributed by atoms with van der Waals surface area (Å²) in [4.78, 5) is 0. The van der Waals surface area contributed by atoms with E-state index in [0.29, 0.717) is 11.6 Å². The first-order chi connectivity index (χ1) is 8.31. The summed E-state index contributed by atoms with van der Waals surface area (Å²) in [6, 6.07) is 5.70. The summed E-state index contributed by atoms with van der Waals surface area (Å²) in [7, 11) is -3.23. The van der Waals surface area contributed by atoms with Crippen molar-refractivity contribution < 1.29 is 8.42 Å². The van der Waals surface area contributed by atoms with Crippen LogP contribution in [0.15, 0.2) is 18.2 Å². The molecule has 0 aromatic heterocycles. The Morgan fingerprint density at radius 2 is 2.00 bits per heavy atom. The van der Waals surface area contributed by atoms with Crippen LogP contribution >= 0.6 is 0 Å². The zero-order chi connectivity index (χ0) is 13.8. The van der Waals surface area contributed by atoms with Crippen molar-refractivity contribution in [2.24, 2.45) is 5.92 Å². The Balaban J connectivity index is 2.81. The van der Waals surface area contributed by atoms with Crippen LogP contribution in [0.4, 0.5) is 11.4 Å². The van der Waals surface area contributed by atoms with Gasteiger partial charge in [0.1, 0.15) is 0 Å². The van der Waals surface area contributed by atoms with Gasteiger partial charge < -0.3 is 5.32 Å². The van der Waals surface area contributed by atoms with Gasteiger partial charge in [-0.25, -0.2) is 8.42 Å². The fourth-order valence-electron chi connectivity index (χ4n) is 1.48. The maximum atomic E-state index is 11.2. The van der Waals surface area contributed by atoms with Gasteiger partial charge in [-0.3, -0.25) is 4.72 Å². The monoisotopic (exact) mass is 270 g/mol. The lowest BCUT2D eigenvalue weighted by Gasteiger charge is -2.14. The van der Waals surface area contributed by atoms with Crippen molar-refractivity contribution >= 4 is 21.4 Å². The van der Waals surface area contributed by atoms with E-state index in [0.717, 1.165) is 30.5 Å². The quantitative estimate of drug-likeness (QED) is 0.835. The minimum absolute atomic E-state index is 0.595. The third-order valence-corrected chi connectivity index (χ3v) is 3.48. The van der Waals surface area contributed by atoms with Gasteiger partial charge in [-0.1, -0.05) is 26.3 Å². The molecule has 1 aromatic rings. The number of aryl methyl sites for hydroxylation is 1. The van der Waals surface area contributed by atoms with Crippen LogP contribution in [0.1, 0.15) is 25.8 Å². The first kappa shape index (κ1) is 14.8. The molecule has 0 unspecified atom stereocenters. The maximum absolute atomic E-state index is 11.2. The van der Waals surface area contributed by atoms with E-state index in [-0.39, 0.29) is 0 Å². The molecule has 0 aliphatic heterocycles. The Hall–Kier alpha value is -1.23. The second kappa shape index (κ2) is 6.09. The summed E-state index contributed by atoms with van der Waals surface area (Å²) in [5, 5.41) is 3.31. The summed E-state index contributed by atoms with van der Waals surface area (Å²) in [6.07, 6.45) is 2.28.